The molecular formula is C8H14OSi2. The molecule has 3 heteroatoms. The third kappa shape index (κ3) is 2.51. The number of hydrogen-bond donors (Lipinski definition) is 0. The van der Waals surface area contributed by atoms with Gasteiger partial charge in [0.15, 0.2) is 9.28 Å². The van der Waals surface area contributed by atoms with Crippen LogP contribution in [0.4, 0.5) is 0 Å². The van der Waals surface area contributed by atoms with Gasteiger partial charge in [0.1, 0.15) is 5.75 Å². The molecule has 0 aromatic heterocycles. The van der Waals surface area contributed by atoms with Gasteiger partial charge >= 0.3 is 0 Å². The molecule has 1 aromatic carbocycles. The Labute approximate surface area is 72.9 Å². The molecule has 0 aliphatic heterocycles. The fraction of sp³-hybridized carbons (Fsp3) is 0.250. The van der Waals surface area contributed by atoms with Crippen molar-refractivity contribution >= 4 is 19.0 Å². The molecular weight excluding hydrogens is 168 g/mol. The molecule has 0 atom stereocenters. The third-order valence-electron chi connectivity index (χ3n) is 1.51. The molecule has 0 radical (unpaired) electrons. The molecule has 60 valence electrons. The second-order valence-corrected chi connectivity index (χ2v) is 5.35. The van der Waals surface area contributed by atoms with Gasteiger partial charge in [-0.05, 0) is 37.1 Å². The Morgan fingerprint density at radius 2 is 1.73 bits per heavy atom. The first-order valence-corrected chi connectivity index (χ1v) is 10.2. The molecule has 1 rings (SSSR count). The summed E-state index contributed by atoms with van der Waals surface area (Å²) in [6.45, 7) is 4.21. The summed E-state index contributed by atoms with van der Waals surface area (Å²) in [5.41, 5.74) is 2.59. The molecule has 0 aliphatic carbocycles. The standard InChI is InChI=1S/C8H14OSi2/c1-6-3-7(2)5-8(4-6)9-11-10/h3-5H,11H2,1-2,10H3. The van der Waals surface area contributed by atoms with Crippen molar-refractivity contribution in [2.24, 2.45) is 0 Å². The summed E-state index contributed by atoms with van der Waals surface area (Å²) < 4.78 is 5.57. The Balaban J connectivity index is 2.89. The van der Waals surface area contributed by atoms with Crippen LogP contribution in [-0.2, 0) is 0 Å². The van der Waals surface area contributed by atoms with E-state index in [2.05, 4.69) is 32.0 Å². The highest BCUT2D eigenvalue weighted by molar-refractivity contribution is 6.85. The van der Waals surface area contributed by atoms with Crippen molar-refractivity contribution in [1.82, 2.24) is 0 Å². The number of hydrogen-bond acceptors (Lipinski definition) is 1. The summed E-state index contributed by atoms with van der Waals surface area (Å²) in [6, 6.07) is 6.39. The lowest BCUT2D eigenvalue weighted by molar-refractivity contribution is 0.608. The van der Waals surface area contributed by atoms with Crippen molar-refractivity contribution in [1.29, 1.82) is 0 Å². The van der Waals surface area contributed by atoms with E-state index in [0.717, 1.165) is 5.75 Å². The summed E-state index contributed by atoms with van der Waals surface area (Å²) in [4.78, 5) is 0. The van der Waals surface area contributed by atoms with Crippen LogP contribution in [0.25, 0.3) is 0 Å². The second kappa shape index (κ2) is 3.73. The van der Waals surface area contributed by atoms with E-state index in [9.17, 15) is 0 Å². The lowest BCUT2D eigenvalue weighted by Crippen LogP contribution is -2.01. The first kappa shape index (κ1) is 8.55. The summed E-state index contributed by atoms with van der Waals surface area (Å²) in [6.07, 6.45) is 0. The van der Waals surface area contributed by atoms with Crippen LogP contribution in [-0.4, -0.2) is 19.0 Å². The quantitative estimate of drug-likeness (QED) is 0.587. The molecule has 0 bridgehead atoms. The van der Waals surface area contributed by atoms with E-state index < -0.39 is 0 Å². The van der Waals surface area contributed by atoms with Gasteiger partial charge < -0.3 is 4.43 Å². The SMILES string of the molecule is Cc1cc(C)cc(O[SiH2][SiH3])c1. The molecule has 0 saturated carbocycles. The molecule has 0 N–H and O–H groups in total. The van der Waals surface area contributed by atoms with Crippen molar-refractivity contribution in [2.75, 3.05) is 0 Å². The maximum Gasteiger partial charge on any atom is 0.194 e. The second-order valence-electron chi connectivity index (χ2n) is 2.76. The Kier molecular flexibility index (Phi) is 2.90. The Morgan fingerprint density at radius 1 is 1.18 bits per heavy atom. The van der Waals surface area contributed by atoms with Gasteiger partial charge in [0.2, 0.25) is 0 Å². The number of aryl methyl sites for hydroxylation is 2. The summed E-state index contributed by atoms with van der Waals surface area (Å²) >= 11 is 0. The van der Waals surface area contributed by atoms with Crippen molar-refractivity contribution in [3.05, 3.63) is 29.3 Å². The maximum atomic E-state index is 5.57. The molecule has 0 amide bonds. The summed E-state index contributed by atoms with van der Waals surface area (Å²) in [5.74, 6) is 1.07. The summed E-state index contributed by atoms with van der Waals surface area (Å²) in [5, 5.41) is 0. The van der Waals surface area contributed by atoms with Gasteiger partial charge in [-0.25, -0.2) is 0 Å². The first-order chi connectivity index (χ1) is 5.22. The zero-order chi connectivity index (χ0) is 8.27. The van der Waals surface area contributed by atoms with Crippen LogP contribution in [0.2, 0.25) is 0 Å². The van der Waals surface area contributed by atoms with Crippen LogP contribution in [0.5, 0.6) is 5.75 Å². The monoisotopic (exact) mass is 182 g/mol. The van der Waals surface area contributed by atoms with E-state index in [4.69, 9.17) is 4.43 Å². The zero-order valence-corrected chi connectivity index (χ0v) is 10.8. The average Bonchev–Trinajstić information content (AvgIpc) is 1.85. The van der Waals surface area contributed by atoms with Gasteiger partial charge in [0.25, 0.3) is 0 Å². The topological polar surface area (TPSA) is 9.23 Å². The molecule has 1 aromatic rings. The van der Waals surface area contributed by atoms with Crippen LogP contribution in [0.3, 0.4) is 0 Å². The highest BCUT2D eigenvalue weighted by Crippen LogP contribution is 2.15. The largest absolute Gasteiger partial charge is 0.554 e. The van der Waals surface area contributed by atoms with E-state index in [1.54, 1.807) is 0 Å². The van der Waals surface area contributed by atoms with Crippen molar-refractivity contribution in [3.8, 4) is 5.75 Å². The smallest absolute Gasteiger partial charge is 0.194 e. The minimum Gasteiger partial charge on any atom is -0.554 e. The lowest BCUT2D eigenvalue weighted by Gasteiger charge is -2.05. The van der Waals surface area contributed by atoms with E-state index in [0.29, 0.717) is 0 Å². The van der Waals surface area contributed by atoms with Crippen LogP contribution >= 0.6 is 0 Å². The van der Waals surface area contributed by atoms with Crippen molar-refractivity contribution < 1.29 is 4.43 Å². The average molecular weight is 182 g/mol. The first-order valence-electron chi connectivity index (χ1n) is 3.93. The molecule has 11 heavy (non-hydrogen) atoms. The zero-order valence-electron chi connectivity index (χ0n) is 7.35. The maximum absolute atomic E-state index is 5.57. The van der Waals surface area contributed by atoms with Gasteiger partial charge in [0.05, 0.1) is 0 Å². The third-order valence-corrected chi connectivity index (χ3v) is 2.99. The van der Waals surface area contributed by atoms with E-state index >= 15 is 0 Å². The Hall–Kier alpha value is -0.546. The Morgan fingerprint density at radius 3 is 2.18 bits per heavy atom. The van der Waals surface area contributed by atoms with E-state index in [1.165, 1.54) is 20.9 Å². The molecule has 0 saturated heterocycles. The highest BCUT2D eigenvalue weighted by Gasteiger charge is 1.93. The molecule has 0 aliphatic rings. The molecule has 0 fully saturated rings. The van der Waals surface area contributed by atoms with Gasteiger partial charge in [-0.1, -0.05) is 6.07 Å². The van der Waals surface area contributed by atoms with Crippen LogP contribution in [0.15, 0.2) is 18.2 Å². The fourth-order valence-corrected chi connectivity index (χ4v) is 2.68. The summed E-state index contributed by atoms with van der Waals surface area (Å²) in [7, 11) is 1.06. The molecule has 0 heterocycles. The van der Waals surface area contributed by atoms with Crippen molar-refractivity contribution in [3.63, 3.8) is 0 Å². The lowest BCUT2D eigenvalue weighted by atomic mass is 10.1. The van der Waals surface area contributed by atoms with Crippen LogP contribution in [0.1, 0.15) is 11.1 Å². The predicted molar refractivity (Wildman–Crippen MR) is 55.0 cm³/mol. The number of rotatable bonds is 2. The van der Waals surface area contributed by atoms with Gasteiger partial charge in [0, 0.05) is 9.76 Å². The number of benzene rings is 1. The molecule has 0 unspecified atom stereocenters. The fourth-order valence-electron chi connectivity index (χ4n) is 1.18. The van der Waals surface area contributed by atoms with E-state index in [1.807, 2.05) is 0 Å². The van der Waals surface area contributed by atoms with Crippen LogP contribution in [0, 0.1) is 13.8 Å². The molecule has 0 spiro atoms. The minimum atomic E-state index is -0.177. The van der Waals surface area contributed by atoms with Gasteiger partial charge in [-0.15, -0.1) is 0 Å². The molecule has 1 nitrogen and oxygen atoms in total. The van der Waals surface area contributed by atoms with E-state index in [-0.39, 0.29) is 9.28 Å². The Bertz CT molecular complexity index is 228. The van der Waals surface area contributed by atoms with Crippen molar-refractivity contribution in [2.45, 2.75) is 13.8 Å². The highest BCUT2D eigenvalue weighted by atomic mass is 29.1. The van der Waals surface area contributed by atoms with Gasteiger partial charge in [-0.2, -0.15) is 0 Å². The normalized spacial score (nSPS) is 11.1. The minimum absolute atomic E-state index is 0.177. The predicted octanol–water partition coefficient (Wildman–Crippen LogP) is 0.0464. The van der Waals surface area contributed by atoms with Crippen LogP contribution < -0.4 is 4.43 Å². The van der Waals surface area contributed by atoms with Gasteiger partial charge in [-0.3, -0.25) is 0 Å².